The first-order valence-electron chi connectivity index (χ1n) is 21.9. The van der Waals surface area contributed by atoms with E-state index in [0.717, 1.165) is 79.2 Å². The number of sulfonamides is 2. The quantitative estimate of drug-likeness (QED) is 0.0989. The summed E-state index contributed by atoms with van der Waals surface area (Å²) in [6.45, 7) is 12.1. The van der Waals surface area contributed by atoms with Gasteiger partial charge in [0.1, 0.15) is 5.75 Å². The standard InChI is InChI=1S/C9H9NO.C9H8O2.2C9H10OS.2C8H9NO2S/c1-6-2-3-8-7(4-6)5-9(11)10-8;1-6-2-3-8-7(4-6)5-9(10)11-8;2*1-7-2-3-8-5-11(10)6-9(8)4-7;2*1-6-2-3-7-5-12(10,11)9-8(7)4-6/h2-4H,5H2,1H3,(H,10,11);2-4H,5H2,1H3;2*2-4H,5-6H2,1H3;2*2-4,9H,5H2,1H3. The fourth-order valence-electron chi connectivity index (χ4n) is 8.11. The van der Waals surface area contributed by atoms with Crippen LogP contribution in [0.15, 0.2) is 109 Å². The number of fused-ring (bicyclic) bond motifs is 6. The highest BCUT2D eigenvalue weighted by atomic mass is 32.2. The third-order valence-corrected chi connectivity index (χ3v) is 16.4. The molecule has 0 aromatic heterocycles. The van der Waals surface area contributed by atoms with Gasteiger partial charge in [0.15, 0.2) is 0 Å². The molecular formula is C52H55N3O9S4. The van der Waals surface area contributed by atoms with Crippen LogP contribution in [0.3, 0.4) is 0 Å². The number of carbonyl (C=O) groups is 2. The van der Waals surface area contributed by atoms with E-state index in [4.69, 9.17) is 4.74 Å². The van der Waals surface area contributed by atoms with Crippen molar-refractivity contribution in [3.63, 3.8) is 0 Å². The predicted molar refractivity (Wildman–Crippen MR) is 272 cm³/mol. The summed E-state index contributed by atoms with van der Waals surface area (Å²) in [6, 6.07) is 35.6. The average Bonchev–Trinajstić information content (AvgIpc) is 4.10. The molecule has 6 aromatic carbocycles. The summed E-state index contributed by atoms with van der Waals surface area (Å²) in [5.74, 6) is 3.95. The highest BCUT2D eigenvalue weighted by Gasteiger charge is 2.24. The van der Waals surface area contributed by atoms with Crippen LogP contribution < -0.4 is 19.5 Å². The molecule has 6 aliphatic heterocycles. The van der Waals surface area contributed by atoms with E-state index < -0.39 is 41.6 Å². The molecule has 0 saturated carbocycles. The molecule has 0 bridgehead atoms. The minimum absolute atomic E-state index is 0.102. The monoisotopic (exact) mass is 993 g/mol. The zero-order valence-corrected chi connectivity index (χ0v) is 42.1. The molecule has 1 amide bonds. The number of rotatable bonds is 0. The molecule has 2 unspecified atom stereocenters. The Kier molecular flexibility index (Phi) is 15.5. The van der Waals surface area contributed by atoms with Crippen molar-refractivity contribution in [2.45, 2.75) is 88.9 Å². The highest BCUT2D eigenvalue weighted by Crippen LogP contribution is 2.30. The van der Waals surface area contributed by atoms with E-state index in [1.54, 1.807) is 0 Å². The lowest BCUT2D eigenvalue weighted by Gasteiger charge is -1.97. The summed E-state index contributed by atoms with van der Waals surface area (Å²) < 4.78 is 76.5. The Morgan fingerprint density at radius 1 is 0.426 bits per heavy atom. The highest BCUT2D eigenvalue weighted by molar-refractivity contribution is 7.92. The van der Waals surface area contributed by atoms with Gasteiger partial charge in [-0.25, -0.2) is 16.8 Å². The second-order valence-electron chi connectivity index (χ2n) is 17.7. The topological polar surface area (TPSA) is 182 Å². The molecule has 12 rings (SSSR count). The normalized spacial score (nSPS) is 18.2. The molecule has 0 spiro atoms. The van der Waals surface area contributed by atoms with Gasteiger partial charge in [0.05, 0.1) is 35.7 Å². The van der Waals surface area contributed by atoms with Gasteiger partial charge in [0, 0.05) is 55.9 Å². The molecule has 0 saturated heterocycles. The van der Waals surface area contributed by atoms with Crippen molar-refractivity contribution in [1.29, 1.82) is 0 Å². The van der Waals surface area contributed by atoms with Gasteiger partial charge in [-0.2, -0.15) is 0 Å². The molecule has 0 aliphatic carbocycles. The van der Waals surface area contributed by atoms with Crippen LogP contribution in [-0.2, 0) is 98.6 Å². The smallest absolute Gasteiger partial charge is 0.315 e. The number of esters is 1. The SMILES string of the molecule is Cc1ccc2c(c1)CC(=O)N2.Cc1ccc2c(c1)CC(=O)O2.Cc1ccc2c(c1)CS(=O)C2.Cc1ccc2c(c1)CS(=O)C2.Cc1ccc2c(c1)NS(=O)(=O)C2.Cc1ccc2c(c1)NS(=O)(=O)C2. The van der Waals surface area contributed by atoms with Crippen LogP contribution in [0.25, 0.3) is 0 Å². The molecule has 0 radical (unpaired) electrons. The van der Waals surface area contributed by atoms with Crippen LogP contribution in [0.5, 0.6) is 5.75 Å². The number of hydrogen-bond donors (Lipinski definition) is 3. The third-order valence-electron chi connectivity index (χ3n) is 11.4. The van der Waals surface area contributed by atoms with Crippen LogP contribution in [0.4, 0.5) is 17.1 Å². The number of nitrogens with one attached hydrogen (secondary N) is 3. The van der Waals surface area contributed by atoms with Gasteiger partial charge in [-0.1, -0.05) is 107 Å². The maximum Gasteiger partial charge on any atom is 0.315 e. The Hall–Kier alpha value is -5.94. The number of benzene rings is 6. The molecular weight excluding hydrogens is 939 g/mol. The van der Waals surface area contributed by atoms with Gasteiger partial charge >= 0.3 is 5.97 Å². The molecule has 356 valence electrons. The van der Waals surface area contributed by atoms with Gasteiger partial charge in [0.25, 0.3) is 0 Å². The molecule has 12 nitrogen and oxygen atoms in total. The summed E-state index contributed by atoms with van der Waals surface area (Å²) in [6.07, 6.45) is 0.966. The Bertz CT molecular complexity index is 2880. The molecule has 6 aromatic rings. The van der Waals surface area contributed by atoms with Gasteiger partial charge in [0.2, 0.25) is 26.0 Å². The van der Waals surface area contributed by atoms with Crippen molar-refractivity contribution < 1.29 is 39.6 Å². The zero-order valence-electron chi connectivity index (χ0n) is 38.9. The zero-order chi connectivity index (χ0) is 48.9. The fourth-order valence-corrected chi connectivity index (χ4v) is 13.3. The number of hydrogen-bond acceptors (Lipinski definition) is 9. The second kappa shape index (κ2) is 21.1. The van der Waals surface area contributed by atoms with Crippen LogP contribution in [0.2, 0.25) is 0 Å². The van der Waals surface area contributed by atoms with E-state index in [-0.39, 0.29) is 23.4 Å². The van der Waals surface area contributed by atoms with Gasteiger partial charge < -0.3 is 10.1 Å². The number of anilines is 3. The minimum Gasteiger partial charge on any atom is -0.426 e. The molecule has 6 heterocycles. The summed E-state index contributed by atoms with van der Waals surface area (Å²) >= 11 is 0. The van der Waals surface area contributed by atoms with Gasteiger partial charge in [-0.3, -0.25) is 27.5 Å². The number of carbonyl (C=O) groups excluding carboxylic acids is 2. The lowest BCUT2D eigenvalue weighted by atomic mass is 10.1. The summed E-state index contributed by atoms with van der Waals surface area (Å²) in [5, 5.41) is 2.79. The van der Waals surface area contributed by atoms with Crippen molar-refractivity contribution in [3.8, 4) is 5.75 Å². The predicted octanol–water partition coefficient (Wildman–Crippen LogP) is 8.96. The second-order valence-corrected chi connectivity index (χ2v) is 24.1. The number of aryl methyl sites for hydroxylation is 6. The fraction of sp³-hybridized carbons (Fsp3) is 0.269. The van der Waals surface area contributed by atoms with Crippen LogP contribution >= 0.6 is 0 Å². The largest absolute Gasteiger partial charge is 0.426 e. The van der Waals surface area contributed by atoms with Crippen molar-refractivity contribution in [2.75, 3.05) is 14.8 Å². The Morgan fingerprint density at radius 3 is 1.29 bits per heavy atom. The Balaban J connectivity index is 0.000000121. The van der Waals surface area contributed by atoms with Crippen LogP contribution in [-0.4, -0.2) is 37.1 Å². The van der Waals surface area contributed by atoms with E-state index in [1.807, 2.05) is 100 Å². The molecule has 68 heavy (non-hydrogen) atoms. The van der Waals surface area contributed by atoms with E-state index in [0.29, 0.717) is 12.8 Å². The maximum absolute atomic E-state index is 11.1. The van der Waals surface area contributed by atoms with E-state index in [1.165, 1.54) is 44.5 Å². The Labute approximate surface area is 404 Å². The summed E-state index contributed by atoms with van der Waals surface area (Å²) in [5.41, 5.74) is 18.4. The number of amides is 1. The Morgan fingerprint density at radius 2 is 0.809 bits per heavy atom. The average molecular weight is 994 g/mol. The van der Waals surface area contributed by atoms with Gasteiger partial charge in [-0.05, 0) is 116 Å². The molecule has 6 aliphatic rings. The van der Waals surface area contributed by atoms with Gasteiger partial charge in [-0.15, -0.1) is 0 Å². The summed E-state index contributed by atoms with van der Waals surface area (Å²) in [4.78, 5) is 21.7. The lowest BCUT2D eigenvalue weighted by molar-refractivity contribution is -0.131. The van der Waals surface area contributed by atoms with E-state index in [2.05, 4.69) is 65.0 Å². The maximum atomic E-state index is 11.1. The van der Waals surface area contributed by atoms with Crippen molar-refractivity contribution in [3.05, 3.63) is 187 Å². The molecule has 16 heteroatoms. The molecule has 2 atom stereocenters. The van der Waals surface area contributed by atoms with Crippen molar-refractivity contribution >= 4 is 70.6 Å². The molecule has 3 N–H and O–H groups in total. The lowest BCUT2D eigenvalue weighted by Crippen LogP contribution is -2.05. The minimum atomic E-state index is -3.07. The van der Waals surface area contributed by atoms with Crippen molar-refractivity contribution in [2.24, 2.45) is 0 Å². The summed E-state index contributed by atoms with van der Waals surface area (Å²) in [7, 11) is -7.40. The van der Waals surface area contributed by atoms with Crippen molar-refractivity contribution in [1.82, 2.24) is 0 Å². The first-order chi connectivity index (χ1) is 32.2. The first-order valence-corrected chi connectivity index (χ1v) is 28.2. The van der Waals surface area contributed by atoms with Crippen LogP contribution in [0.1, 0.15) is 77.9 Å². The van der Waals surface area contributed by atoms with Crippen LogP contribution in [0, 0.1) is 41.5 Å². The van der Waals surface area contributed by atoms with E-state index in [9.17, 15) is 34.8 Å². The third kappa shape index (κ3) is 13.6. The number of ether oxygens (including phenoxy) is 1. The first kappa shape index (κ1) is 50.0. The van der Waals surface area contributed by atoms with E-state index >= 15 is 0 Å². The molecule has 0 fully saturated rings.